The van der Waals surface area contributed by atoms with E-state index in [0.717, 1.165) is 23.8 Å². The highest BCUT2D eigenvalue weighted by atomic mass is 35.5. The largest absolute Gasteiger partial charge is 0.489 e. The molecule has 0 aliphatic carbocycles. The van der Waals surface area contributed by atoms with Crippen LogP contribution in [-0.4, -0.2) is 4.98 Å². The van der Waals surface area contributed by atoms with Crippen molar-refractivity contribution in [3.8, 4) is 5.75 Å². The van der Waals surface area contributed by atoms with Gasteiger partial charge in [0.2, 0.25) is 0 Å². The van der Waals surface area contributed by atoms with Crippen LogP contribution in [0.25, 0.3) is 0 Å². The van der Waals surface area contributed by atoms with E-state index in [0.29, 0.717) is 5.15 Å². The van der Waals surface area contributed by atoms with Gasteiger partial charge >= 0.3 is 0 Å². The predicted molar refractivity (Wildman–Crippen MR) is 59.9 cm³/mol. The number of hydrogen-bond acceptors (Lipinski definition) is 2. The molecule has 0 saturated carbocycles. The molecule has 2 rings (SSSR count). The molecule has 2 nitrogen and oxygen atoms in total. The lowest BCUT2D eigenvalue weighted by molar-refractivity contribution is 0.302. The van der Waals surface area contributed by atoms with Gasteiger partial charge in [-0.2, -0.15) is 0 Å². The van der Waals surface area contributed by atoms with Crippen LogP contribution in [0.4, 0.5) is 8.78 Å². The summed E-state index contributed by atoms with van der Waals surface area (Å²) in [5, 5.41) is 0.344. The Kier molecular flexibility index (Phi) is 3.54. The smallest absolute Gasteiger partial charge is 0.129 e. The average molecular weight is 256 g/mol. The Morgan fingerprint density at radius 2 is 1.82 bits per heavy atom. The number of rotatable bonds is 3. The first-order valence-corrected chi connectivity index (χ1v) is 5.20. The molecule has 0 radical (unpaired) electrons. The van der Waals surface area contributed by atoms with Gasteiger partial charge in [-0.1, -0.05) is 11.6 Å². The molecular formula is C12H8ClF2NO. The zero-order valence-electron chi connectivity index (χ0n) is 8.66. The van der Waals surface area contributed by atoms with E-state index < -0.39 is 11.6 Å². The molecule has 0 spiro atoms. The van der Waals surface area contributed by atoms with E-state index in [1.165, 1.54) is 6.20 Å². The Bertz CT molecular complexity index is 513. The zero-order chi connectivity index (χ0) is 12.3. The van der Waals surface area contributed by atoms with Crippen molar-refractivity contribution in [2.45, 2.75) is 6.61 Å². The SMILES string of the molecule is Fc1cc(F)cc(OCc2ccnc(Cl)c2)c1. The Morgan fingerprint density at radius 3 is 2.47 bits per heavy atom. The summed E-state index contributed by atoms with van der Waals surface area (Å²) in [7, 11) is 0. The second kappa shape index (κ2) is 5.10. The Balaban J connectivity index is 2.07. The molecule has 1 heterocycles. The zero-order valence-corrected chi connectivity index (χ0v) is 9.42. The van der Waals surface area contributed by atoms with Crippen molar-refractivity contribution in [3.05, 3.63) is 58.9 Å². The van der Waals surface area contributed by atoms with E-state index in [1.54, 1.807) is 12.1 Å². The molecule has 88 valence electrons. The Morgan fingerprint density at radius 1 is 1.12 bits per heavy atom. The van der Waals surface area contributed by atoms with Gasteiger partial charge in [0, 0.05) is 24.4 Å². The third kappa shape index (κ3) is 3.39. The molecule has 0 saturated heterocycles. The molecule has 0 atom stereocenters. The van der Waals surface area contributed by atoms with Crippen LogP contribution in [0.3, 0.4) is 0 Å². The van der Waals surface area contributed by atoms with Crippen molar-refractivity contribution in [2.75, 3.05) is 0 Å². The normalized spacial score (nSPS) is 10.3. The lowest BCUT2D eigenvalue weighted by Crippen LogP contribution is -1.96. The summed E-state index contributed by atoms with van der Waals surface area (Å²) >= 11 is 5.69. The molecular weight excluding hydrogens is 248 g/mol. The number of nitrogens with zero attached hydrogens (tertiary/aromatic N) is 1. The van der Waals surface area contributed by atoms with Gasteiger partial charge in [0.05, 0.1) is 0 Å². The van der Waals surface area contributed by atoms with Gasteiger partial charge in [-0.05, 0) is 17.7 Å². The van der Waals surface area contributed by atoms with E-state index in [-0.39, 0.29) is 12.4 Å². The molecule has 17 heavy (non-hydrogen) atoms. The molecule has 0 unspecified atom stereocenters. The Hall–Kier alpha value is -1.68. The molecule has 1 aromatic carbocycles. The second-order valence-corrected chi connectivity index (χ2v) is 3.77. The van der Waals surface area contributed by atoms with E-state index in [4.69, 9.17) is 16.3 Å². The van der Waals surface area contributed by atoms with Gasteiger partial charge in [0.25, 0.3) is 0 Å². The van der Waals surface area contributed by atoms with Gasteiger partial charge < -0.3 is 4.74 Å². The fourth-order valence-electron chi connectivity index (χ4n) is 1.31. The average Bonchev–Trinajstić information content (AvgIpc) is 2.25. The number of aromatic nitrogens is 1. The first-order chi connectivity index (χ1) is 8.13. The third-order valence-electron chi connectivity index (χ3n) is 2.03. The van der Waals surface area contributed by atoms with Gasteiger partial charge in [0.15, 0.2) is 0 Å². The highest BCUT2D eigenvalue weighted by Gasteiger charge is 2.02. The maximum atomic E-state index is 12.9. The highest BCUT2D eigenvalue weighted by molar-refractivity contribution is 6.29. The molecule has 5 heteroatoms. The molecule has 2 aromatic rings. The topological polar surface area (TPSA) is 22.1 Å². The molecule has 0 fully saturated rings. The lowest BCUT2D eigenvalue weighted by atomic mass is 10.3. The van der Waals surface area contributed by atoms with Crippen molar-refractivity contribution < 1.29 is 13.5 Å². The quantitative estimate of drug-likeness (QED) is 0.782. The maximum absolute atomic E-state index is 12.9. The van der Waals surface area contributed by atoms with Crippen LogP contribution in [0, 0.1) is 11.6 Å². The van der Waals surface area contributed by atoms with Crippen LogP contribution in [0.15, 0.2) is 36.5 Å². The summed E-state index contributed by atoms with van der Waals surface area (Å²) < 4.78 is 31.0. The summed E-state index contributed by atoms with van der Waals surface area (Å²) in [5.41, 5.74) is 0.773. The van der Waals surface area contributed by atoms with Crippen LogP contribution < -0.4 is 4.74 Å². The fourth-order valence-corrected chi connectivity index (χ4v) is 1.51. The van der Waals surface area contributed by atoms with Crippen molar-refractivity contribution in [1.82, 2.24) is 4.98 Å². The number of ether oxygens (including phenoxy) is 1. The minimum absolute atomic E-state index is 0.135. The molecule has 1 aromatic heterocycles. The highest BCUT2D eigenvalue weighted by Crippen LogP contribution is 2.17. The van der Waals surface area contributed by atoms with E-state index >= 15 is 0 Å². The standard InChI is InChI=1S/C12H8ClF2NO/c13-12-3-8(1-2-16-12)7-17-11-5-9(14)4-10(15)6-11/h1-6H,7H2. The van der Waals surface area contributed by atoms with Gasteiger partial charge in [-0.3, -0.25) is 0 Å². The van der Waals surface area contributed by atoms with Crippen LogP contribution in [0.2, 0.25) is 5.15 Å². The van der Waals surface area contributed by atoms with Crippen LogP contribution in [-0.2, 0) is 6.61 Å². The summed E-state index contributed by atoms with van der Waals surface area (Å²) in [6.07, 6.45) is 1.53. The minimum atomic E-state index is -0.673. The summed E-state index contributed by atoms with van der Waals surface area (Å²) in [6.45, 7) is 0.172. The summed E-state index contributed by atoms with van der Waals surface area (Å²) in [5.74, 6) is -1.21. The van der Waals surface area contributed by atoms with Crippen molar-refractivity contribution in [1.29, 1.82) is 0 Å². The summed E-state index contributed by atoms with van der Waals surface area (Å²) in [6, 6.07) is 6.35. The molecule has 0 amide bonds. The third-order valence-corrected chi connectivity index (χ3v) is 2.24. The van der Waals surface area contributed by atoms with Gasteiger partial charge in [0.1, 0.15) is 29.1 Å². The Labute approximate surface area is 102 Å². The van der Waals surface area contributed by atoms with E-state index in [2.05, 4.69) is 4.98 Å². The number of pyridine rings is 1. The fraction of sp³-hybridized carbons (Fsp3) is 0.0833. The van der Waals surface area contributed by atoms with Gasteiger partial charge in [-0.25, -0.2) is 13.8 Å². The number of halogens is 3. The molecule has 0 N–H and O–H groups in total. The minimum Gasteiger partial charge on any atom is -0.489 e. The predicted octanol–water partition coefficient (Wildman–Crippen LogP) is 3.59. The first-order valence-electron chi connectivity index (χ1n) is 4.83. The van der Waals surface area contributed by atoms with E-state index in [9.17, 15) is 8.78 Å². The van der Waals surface area contributed by atoms with Crippen molar-refractivity contribution in [2.24, 2.45) is 0 Å². The lowest BCUT2D eigenvalue weighted by Gasteiger charge is -2.06. The molecule has 0 aliphatic heterocycles. The van der Waals surface area contributed by atoms with E-state index in [1.807, 2.05) is 0 Å². The molecule has 0 bridgehead atoms. The second-order valence-electron chi connectivity index (χ2n) is 3.38. The van der Waals surface area contributed by atoms with Crippen LogP contribution >= 0.6 is 11.6 Å². The van der Waals surface area contributed by atoms with Crippen molar-refractivity contribution in [3.63, 3.8) is 0 Å². The van der Waals surface area contributed by atoms with Gasteiger partial charge in [-0.15, -0.1) is 0 Å². The van der Waals surface area contributed by atoms with Crippen LogP contribution in [0.1, 0.15) is 5.56 Å². The van der Waals surface area contributed by atoms with Crippen molar-refractivity contribution >= 4 is 11.6 Å². The first kappa shape index (κ1) is 11.8. The number of benzene rings is 1. The number of hydrogen-bond donors (Lipinski definition) is 0. The van der Waals surface area contributed by atoms with Crippen LogP contribution in [0.5, 0.6) is 5.75 Å². The molecule has 0 aliphatic rings. The maximum Gasteiger partial charge on any atom is 0.129 e. The summed E-state index contributed by atoms with van der Waals surface area (Å²) in [4.78, 5) is 3.81. The monoisotopic (exact) mass is 255 g/mol.